The minimum atomic E-state index is -1.59. The van der Waals surface area contributed by atoms with E-state index in [1.807, 2.05) is 25.9 Å². The topological polar surface area (TPSA) is 93.0 Å². The third-order valence-electron chi connectivity index (χ3n) is 3.30. The van der Waals surface area contributed by atoms with Gasteiger partial charge in [-0.2, -0.15) is 0 Å². The van der Waals surface area contributed by atoms with Crippen molar-refractivity contribution in [2.75, 3.05) is 39.7 Å². The fourth-order valence-electron chi connectivity index (χ4n) is 2.01. The first-order chi connectivity index (χ1) is 16.8. The second-order valence-electron chi connectivity index (χ2n) is 7.42. The van der Waals surface area contributed by atoms with Crippen LogP contribution in [0.3, 0.4) is 0 Å². The number of hydrogen-bond acceptors (Lipinski definition) is 6. The number of anilines is 1. The molecule has 2 aromatic rings. The fourth-order valence-corrected chi connectivity index (χ4v) is 2.34. The maximum atomic E-state index is 13.0. The van der Waals surface area contributed by atoms with Gasteiger partial charge < -0.3 is 25.5 Å². The van der Waals surface area contributed by atoms with Crippen LogP contribution in [0.5, 0.6) is 0 Å². The lowest BCUT2D eigenvalue weighted by Gasteiger charge is -2.10. The van der Waals surface area contributed by atoms with Crippen molar-refractivity contribution in [3.63, 3.8) is 0 Å². The number of benzene rings is 2. The van der Waals surface area contributed by atoms with E-state index in [4.69, 9.17) is 26.9 Å². The molecule has 0 aliphatic carbocycles. The highest BCUT2D eigenvalue weighted by atomic mass is 35.5. The molecule has 0 bridgehead atoms. The Hall–Kier alpha value is -1.82. The van der Waals surface area contributed by atoms with E-state index < -0.39 is 23.4 Å². The Morgan fingerprint density at radius 1 is 1.08 bits per heavy atom. The van der Waals surface area contributed by atoms with Crippen LogP contribution in [0, 0.1) is 17.5 Å². The molecule has 2 aromatic carbocycles. The van der Waals surface area contributed by atoms with E-state index in [9.17, 15) is 18.0 Å². The molecule has 2 rings (SSSR count). The fraction of sp³-hybridized carbons (Fsp3) is 0.480. The standard InChI is InChI=1S/C13H7ClF3NOS.C5H13NO.C3H8O.C3H8.CH4O/c14-8-2-1-6(3-11(8)20)13(19)18-7-4-9(15)12(17)10(16)5-7;1-5(7)4-6(2)3;1-2-3-4;1-3-2;1-2/h1-5,20H,(H,18,19);5,7H,4H2,1-3H3;4H,2-3H2,1H3;3H2,1-2H3;2H,1H3. The summed E-state index contributed by atoms with van der Waals surface area (Å²) in [5.74, 6) is -4.98. The molecule has 0 aliphatic rings. The van der Waals surface area contributed by atoms with E-state index >= 15 is 0 Å². The van der Waals surface area contributed by atoms with Crippen molar-refractivity contribution in [2.45, 2.75) is 51.5 Å². The summed E-state index contributed by atoms with van der Waals surface area (Å²) in [4.78, 5) is 14.2. The van der Waals surface area contributed by atoms with Gasteiger partial charge >= 0.3 is 0 Å². The molecule has 11 heteroatoms. The first kappa shape index (κ1) is 38.7. The largest absolute Gasteiger partial charge is 0.400 e. The molecular formula is C25H40ClF3N2O4S. The molecule has 6 nitrogen and oxygen atoms in total. The first-order valence-electron chi connectivity index (χ1n) is 11.2. The normalized spacial score (nSPS) is 10.2. The lowest BCUT2D eigenvalue weighted by atomic mass is 10.2. The number of rotatable bonds is 5. The van der Waals surface area contributed by atoms with Gasteiger partial charge in [-0.1, -0.05) is 38.8 Å². The highest BCUT2D eigenvalue weighted by Crippen LogP contribution is 2.22. The second kappa shape index (κ2) is 23.6. The second-order valence-corrected chi connectivity index (χ2v) is 8.31. The van der Waals surface area contributed by atoms with E-state index in [-0.39, 0.29) is 17.4 Å². The predicted molar refractivity (Wildman–Crippen MR) is 145 cm³/mol. The number of likely N-dealkylation sites (N-methyl/N-ethyl adjacent to an activating group) is 1. The van der Waals surface area contributed by atoms with E-state index in [1.54, 1.807) is 6.92 Å². The summed E-state index contributed by atoms with van der Waals surface area (Å²) >= 11 is 9.81. The summed E-state index contributed by atoms with van der Waals surface area (Å²) in [5, 5.41) is 26.2. The number of nitrogens with zero attached hydrogens (tertiary/aromatic N) is 1. The van der Waals surface area contributed by atoms with Gasteiger partial charge in [0.1, 0.15) is 0 Å². The Kier molecular flexibility index (Phi) is 25.3. The van der Waals surface area contributed by atoms with Gasteiger partial charge in [0, 0.05) is 48.5 Å². The zero-order valence-electron chi connectivity index (χ0n) is 21.9. The maximum absolute atomic E-state index is 13.0. The van der Waals surface area contributed by atoms with Gasteiger partial charge in [-0.15, -0.1) is 12.6 Å². The van der Waals surface area contributed by atoms with Gasteiger partial charge in [0.25, 0.3) is 5.91 Å². The summed E-state index contributed by atoms with van der Waals surface area (Å²) in [5.41, 5.74) is 0.00612. The molecule has 4 N–H and O–H groups in total. The van der Waals surface area contributed by atoms with Gasteiger partial charge in [-0.3, -0.25) is 4.79 Å². The molecule has 0 aromatic heterocycles. The average Bonchev–Trinajstić information content (AvgIpc) is 2.80. The van der Waals surface area contributed by atoms with Crippen LogP contribution in [0.4, 0.5) is 18.9 Å². The lowest BCUT2D eigenvalue weighted by Crippen LogP contribution is -2.22. The summed E-state index contributed by atoms with van der Waals surface area (Å²) in [6.07, 6.45) is 1.93. The molecule has 208 valence electrons. The third-order valence-corrected chi connectivity index (χ3v) is 4.13. The number of carbonyl (C=O) groups excluding carboxylic acids is 1. The van der Waals surface area contributed by atoms with E-state index in [0.717, 1.165) is 20.1 Å². The van der Waals surface area contributed by atoms with Crippen LogP contribution in [0.15, 0.2) is 35.2 Å². The van der Waals surface area contributed by atoms with Crippen molar-refractivity contribution >= 4 is 35.8 Å². The first-order valence-corrected chi connectivity index (χ1v) is 12.0. The number of carbonyl (C=O) groups is 1. The Bertz CT molecular complexity index is 829. The van der Waals surface area contributed by atoms with Gasteiger partial charge in [-0.05, 0) is 45.6 Å². The van der Waals surface area contributed by atoms with Crippen LogP contribution in [0.25, 0.3) is 0 Å². The Labute approximate surface area is 223 Å². The maximum Gasteiger partial charge on any atom is 0.255 e. The van der Waals surface area contributed by atoms with Crippen LogP contribution in [0.2, 0.25) is 5.02 Å². The zero-order chi connectivity index (χ0) is 28.8. The molecule has 0 heterocycles. The number of aliphatic hydroxyl groups excluding tert-OH is 3. The Morgan fingerprint density at radius 2 is 1.53 bits per heavy atom. The Morgan fingerprint density at radius 3 is 1.83 bits per heavy atom. The van der Waals surface area contributed by atoms with Crippen molar-refractivity contribution < 1.29 is 33.3 Å². The van der Waals surface area contributed by atoms with E-state index in [0.29, 0.717) is 28.7 Å². The molecule has 1 atom stereocenters. The molecule has 0 radical (unpaired) electrons. The highest BCUT2D eigenvalue weighted by Gasteiger charge is 2.13. The van der Waals surface area contributed by atoms with Crippen LogP contribution < -0.4 is 5.32 Å². The van der Waals surface area contributed by atoms with Crippen LogP contribution in [0.1, 0.15) is 50.9 Å². The monoisotopic (exact) mass is 556 g/mol. The van der Waals surface area contributed by atoms with Crippen LogP contribution >= 0.6 is 24.2 Å². The van der Waals surface area contributed by atoms with Crippen LogP contribution in [-0.2, 0) is 0 Å². The minimum Gasteiger partial charge on any atom is -0.400 e. The zero-order valence-corrected chi connectivity index (χ0v) is 23.6. The average molecular weight is 557 g/mol. The molecule has 0 aliphatic heterocycles. The lowest BCUT2D eigenvalue weighted by molar-refractivity contribution is 0.102. The summed E-state index contributed by atoms with van der Waals surface area (Å²) in [7, 11) is 4.87. The predicted octanol–water partition coefficient (Wildman–Crippen LogP) is 5.64. The molecule has 36 heavy (non-hydrogen) atoms. The van der Waals surface area contributed by atoms with Crippen LogP contribution in [-0.4, -0.2) is 66.6 Å². The number of amides is 1. The molecular weight excluding hydrogens is 517 g/mol. The van der Waals surface area contributed by atoms with E-state index in [1.165, 1.54) is 24.6 Å². The van der Waals surface area contributed by atoms with Crippen molar-refractivity contribution in [1.29, 1.82) is 0 Å². The van der Waals surface area contributed by atoms with E-state index in [2.05, 4.69) is 31.8 Å². The summed E-state index contributed by atoms with van der Waals surface area (Å²) in [6, 6.07) is 5.66. The highest BCUT2D eigenvalue weighted by molar-refractivity contribution is 7.80. The van der Waals surface area contributed by atoms with Crippen molar-refractivity contribution in [3.05, 3.63) is 58.4 Å². The van der Waals surface area contributed by atoms with Crippen molar-refractivity contribution in [1.82, 2.24) is 4.90 Å². The van der Waals surface area contributed by atoms with Gasteiger partial charge in [0.2, 0.25) is 0 Å². The molecule has 1 unspecified atom stereocenters. The van der Waals surface area contributed by atoms with Crippen molar-refractivity contribution in [2.24, 2.45) is 0 Å². The molecule has 0 saturated heterocycles. The van der Waals surface area contributed by atoms with Gasteiger partial charge in [0.05, 0.1) is 11.1 Å². The summed E-state index contributed by atoms with van der Waals surface area (Å²) in [6.45, 7) is 9.03. The molecule has 1 amide bonds. The smallest absolute Gasteiger partial charge is 0.255 e. The molecule has 0 fully saturated rings. The van der Waals surface area contributed by atoms with Crippen molar-refractivity contribution in [3.8, 4) is 0 Å². The SMILES string of the molecule is CC(O)CN(C)C.CCC.CCCO.CO.O=C(Nc1cc(F)c(F)c(F)c1)c1ccc(Cl)c(S)c1. The number of nitrogens with one attached hydrogen (secondary N) is 1. The summed E-state index contributed by atoms with van der Waals surface area (Å²) < 4.78 is 38.8. The van der Waals surface area contributed by atoms with Gasteiger partial charge in [0.15, 0.2) is 17.5 Å². The Balaban J connectivity index is -0.000000562. The number of halogens is 4. The molecule has 0 saturated carbocycles. The quantitative estimate of drug-likeness (QED) is 0.243. The number of aliphatic hydroxyl groups is 3. The molecule has 0 spiro atoms. The van der Waals surface area contributed by atoms with Gasteiger partial charge in [-0.25, -0.2) is 13.2 Å². The number of thiol groups is 1. The minimum absolute atomic E-state index is 0.193. The third kappa shape index (κ3) is 19.4. The number of hydrogen-bond donors (Lipinski definition) is 5.